The molecule has 1 rings (SSSR count). The van der Waals surface area contributed by atoms with Gasteiger partial charge in [0.15, 0.2) is 0 Å². The van der Waals surface area contributed by atoms with Crippen molar-refractivity contribution in [1.29, 1.82) is 0 Å². The fourth-order valence-electron chi connectivity index (χ4n) is 2.53. The van der Waals surface area contributed by atoms with Gasteiger partial charge in [-0.25, -0.2) is 0 Å². The molecule has 2 atom stereocenters. The van der Waals surface area contributed by atoms with Gasteiger partial charge in [-0.2, -0.15) is 0 Å². The molecule has 0 aliphatic rings. The van der Waals surface area contributed by atoms with Crippen molar-refractivity contribution in [3.63, 3.8) is 0 Å². The van der Waals surface area contributed by atoms with Gasteiger partial charge < -0.3 is 9.73 Å². The van der Waals surface area contributed by atoms with E-state index >= 15 is 0 Å². The summed E-state index contributed by atoms with van der Waals surface area (Å²) in [5, 5.41) is 3.56. The molecule has 0 aliphatic heterocycles. The van der Waals surface area contributed by atoms with Crippen LogP contribution in [0.15, 0.2) is 16.7 Å². The first-order valence-corrected chi connectivity index (χ1v) is 6.81. The Morgan fingerprint density at radius 1 is 1.24 bits per heavy atom. The first kappa shape index (κ1) is 14.3. The second kappa shape index (κ2) is 6.85. The zero-order valence-electron chi connectivity index (χ0n) is 11.9. The van der Waals surface area contributed by atoms with Gasteiger partial charge in [-0.05, 0) is 44.2 Å². The van der Waals surface area contributed by atoms with Gasteiger partial charge in [-0.15, -0.1) is 0 Å². The Morgan fingerprint density at radius 2 is 1.94 bits per heavy atom. The van der Waals surface area contributed by atoms with E-state index in [4.69, 9.17) is 4.42 Å². The summed E-state index contributed by atoms with van der Waals surface area (Å²) in [7, 11) is 0. The Bertz CT molecular complexity index is 316. The smallest absolute Gasteiger partial charge is 0.101 e. The Hall–Kier alpha value is -0.760. The predicted molar refractivity (Wildman–Crippen MR) is 73.1 cm³/mol. The first-order chi connectivity index (χ1) is 8.02. The van der Waals surface area contributed by atoms with Crippen LogP contribution in [0.2, 0.25) is 0 Å². The summed E-state index contributed by atoms with van der Waals surface area (Å²) in [6, 6.07) is 2.58. The van der Waals surface area contributed by atoms with Crippen LogP contribution in [0.25, 0.3) is 0 Å². The van der Waals surface area contributed by atoms with Gasteiger partial charge >= 0.3 is 0 Å². The van der Waals surface area contributed by atoms with Crippen LogP contribution in [-0.4, -0.2) is 6.54 Å². The van der Waals surface area contributed by atoms with Crippen molar-refractivity contribution in [2.45, 2.75) is 53.5 Å². The van der Waals surface area contributed by atoms with Crippen LogP contribution in [-0.2, 0) is 0 Å². The van der Waals surface area contributed by atoms with Crippen molar-refractivity contribution in [3.05, 3.63) is 23.7 Å². The summed E-state index contributed by atoms with van der Waals surface area (Å²) < 4.78 is 5.41. The summed E-state index contributed by atoms with van der Waals surface area (Å²) in [5.41, 5.74) is 1.29. The Labute approximate surface area is 106 Å². The lowest BCUT2D eigenvalue weighted by atomic mass is 9.90. The normalized spacial score (nSPS) is 15.2. The van der Waals surface area contributed by atoms with E-state index in [0.717, 1.165) is 24.1 Å². The quantitative estimate of drug-likeness (QED) is 0.764. The molecular formula is C15H27NO. The molecule has 0 amide bonds. The minimum absolute atomic E-state index is 0.436. The fraction of sp³-hybridized carbons (Fsp3) is 0.733. The largest absolute Gasteiger partial charge is 0.469 e. The van der Waals surface area contributed by atoms with Crippen molar-refractivity contribution in [3.8, 4) is 0 Å². The zero-order chi connectivity index (χ0) is 12.8. The van der Waals surface area contributed by atoms with Crippen LogP contribution < -0.4 is 5.32 Å². The van der Waals surface area contributed by atoms with Crippen LogP contribution in [0.5, 0.6) is 0 Å². The number of aryl methyl sites for hydroxylation is 1. The molecule has 98 valence electrons. The van der Waals surface area contributed by atoms with Crippen molar-refractivity contribution in [1.82, 2.24) is 5.32 Å². The van der Waals surface area contributed by atoms with Crippen molar-refractivity contribution < 1.29 is 4.42 Å². The summed E-state index contributed by atoms with van der Waals surface area (Å²) in [4.78, 5) is 0. The average molecular weight is 237 g/mol. The van der Waals surface area contributed by atoms with E-state index in [9.17, 15) is 0 Å². The molecule has 2 heteroatoms. The zero-order valence-corrected chi connectivity index (χ0v) is 11.9. The Morgan fingerprint density at radius 3 is 2.41 bits per heavy atom. The van der Waals surface area contributed by atoms with Gasteiger partial charge in [0, 0.05) is 11.6 Å². The van der Waals surface area contributed by atoms with Crippen LogP contribution in [0.3, 0.4) is 0 Å². The van der Waals surface area contributed by atoms with Gasteiger partial charge in [-0.3, -0.25) is 0 Å². The third kappa shape index (κ3) is 4.95. The van der Waals surface area contributed by atoms with Gasteiger partial charge in [0.25, 0.3) is 0 Å². The van der Waals surface area contributed by atoms with Crippen LogP contribution >= 0.6 is 0 Å². The van der Waals surface area contributed by atoms with Crippen molar-refractivity contribution >= 4 is 0 Å². The maximum absolute atomic E-state index is 5.41. The number of hydrogen-bond acceptors (Lipinski definition) is 2. The SMILES string of the molecule is CCNC(CC(C)CC(C)C)c1coc(C)c1. The van der Waals surface area contributed by atoms with E-state index < -0.39 is 0 Å². The third-order valence-electron chi connectivity index (χ3n) is 3.12. The van der Waals surface area contributed by atoms with Crippen LogP contribution in [0, 0.1) is 18.8 Å². The number of nitrogens with one attached hydrogen (secondary N) is 1. The van der Waals surface area contributed by atoms with E-state index in [1.807, 2.05) is 13.2 Å². The second-order valence-corrected chi connectivity index (χ2v) is 5.57. The topological polar surface area (TPSA) is 25.2 Å². The summed E-state index contributed by atoms with van der Waals surface area (Å²) in [6.07, 6.45) is 4.37. The van der Waals surface area contributed by atoms with Crippen LogP contribution in [0.4, 0.5) is 0 Å². The highest BCUT2D eigenvalue weighted by molar-refractivity contribution is 5.16. The van der Waals surface area contributed by atoms with E-state index in [-0.39, 0.29) is 0 Å². The average Bonchev–Trinajstić information content (AvgIpc) is 2.63. The molecular weight excluding hydrogens is 210 g/mol. The molecule has 0 aromatic carbocycles. The molecule has 2 nitrogen and oxygen atoms in total. The van der Waals surface area contributed by atoms with E-state index in [2.05, 4.69) is 39.1 Å². The number of hydrogen-bond donors (Lipinski definition) is 1. The Balaban J connectivity index is 2.60. The van der Waals surface area contributed by atoms with Gasteiger partial charge in [0.2, 0.25) is 0 Å². The maximum Gasteiger partial charge on any atom is 0.101 e. The molecule has 0 fully saturated rings. The van der Waals surface area contributed by atoms with E-state index in [0.29, 0.717) is 6.04 Å². The van der Waals surface area contributed by atoms with Crippen LogP contribution in [0.1, 0.15) is 57.9 Å². The highest BCUT2D eigenvalue weighted by atomic mass is 16.3. The second-order valence-electron chi connectivity index (χ2n) is 5.57. The third-order valence-corrected chi connectivity index (χ3v) is 3.12. The molecule has 0 spiro atoms. The van der Waals surface area contributed by atoms with E-state index in [1.165, 1.54) is 18.4 Å². The lowest BCUT2D eigenvalue weighted by Gasteiger charge is -2.22. The minimum Gasteiger partial charge on any atom is -0.469 e. The molecule has 1 aromatic heterocycles. The molecule has 2 unspecified atom stereocenters. The molecule has 1 aromatic rings. The summed E-state index contributed by atoms with van der Waals surface area (Å²) >= 11 is 0. The number of rotatable bonds is 7. The van der Waals surface area contributed by atoms with E-state index in [1.54, 1.807) is 0 Å². The molecule has 17 heavy (non-hydrogen) atoms. The number of furan rings is 1. The highest BCUT2D eigenvalue weighted by Gasteiger charge is 2.16. The van der Waals surface area contributed by atoms with Crippen molar-refractivity contribution in [2.24, 2.45) is 11.8 Å². The van der Waals surface area contributed by atoms with Crippen molar-refractivity contribution in [2.75, 3.05) is 6.54 Å². The molecule has 1 N–H and O–H groups in total. The summed E-state index contributed by atoms with van der Waals surface area (Å²) in [5.74, 6) is 2.52. The molecule has 0 aliphatic carbocycles. The predicted octanol–water partition coefficient (Wildman–Crippen LogP) is 4.31. The first-order valence-electron chi connectivity index (χ1n) is 6.81. The molecule has 0 saturated heterocycles. The monoisotopic (exact) mass is 237 g/mol. The lowest BCUT2D eigenvalue weighted by molar-refractivity contribution is 0.358. The highest BCUT2D eigenvalue weighted by Crippen LogP contribution is 2.26. The minimum atomic E-state index is 0.436. The molecule has 0 saturated carbocycles. The fourth-order valence-corrected chi connectivity index (χ4v) is 2.53. The standard InChI is InChI=1S/C15H27NO/c1-6-16-15(8-12(4)7-11(2)3)14-9-13(5)17-10-14/h9-12,15-16H,6-8H2,1-5H3. The molecule has 1 heterocycles. The lowest BCUT2D eigenvalue weighted by Crippen LogP contribution is -2.23. The van der Waals surface area contributed by atoms with Gasteiger partial charge in [-0.1, -0.05) is 27.7 Å². The molecule has 0 bridgehead atoms. The van der Waals surface area contributed by atoms with Gasteiger partial charge in [0.05, 0.1) is 6.26 Å². The molecule has 0 radical (unpaired) electrons. The summed E-state index contributed by atoms with van der Waals surface area (Å²) in [6.45, 7) is 12.1. The maximum atomic E-state index is 5.41. The van der Waals surface area contributed by atoms with Gasteiger partial charge in [0.1, 0.15) is 5.76 Å². The Kier molecular flexibility index (Phi) is 5.76.